The van der Waals surface area contributed by atoms with Crippen LogP contribution in [0.25, 0.3) is 6.08 Å². The lowest BCUT2D eigenvalue weighted by atomic mass is 10.2. The van der Waals surface area contributed by atoms with Crippen LogP contribution in [0, 0.1) is 0 Å². The molecule has 0 bridgehead atoms. The van der Waals surface area contributed by atoms with Gasteiger partial charge in [-0.15, -0.1) is 11.3 Å². The third-order valence-electron chi connectivity index (χ3n) is 4.25. The van der Waals surface area contributed by atoms with Gasteiger partial charge in [-0.05, 0) is 42.1 Å². The fourth-order valence-electron chi connectivity index (χ4n) is 2.86. The first-order chi connectivity index (χ1) is 12.2. The van der Waals surface area contributed by atoms with Crippen molar-refractivity contribution in [1.29, 1.82) is 0 Å². The van der Waals surface area contributed by atoms with Crippen LogP contribution >= 0.6 is 11.3 Å². The van der Waals surface area contributed by atoms with E-state index in [2.05, 4.69) is 22.4 Å². The summed E-state index contributed by atoms with van der Waals surface area (Å²) in [5, 5.41) is 2.11. The van der Waals surface area contributed by atoms with Crippen molar-refractivity contribution in [3.05, 3.63) is 58.3 Å². The summed E-state index contributed by atoms with van der Waals surface area (Å²) >= 11 is 1.79. The molecule has 1 amide bonds. The molecule has 132 valence electrons. The predicted molar refractivity (Wildman–Crippen MR) is 103 cm³/mol. The van der Waals surface area contributed by atoms with Gasteiger partial charge in [0.2, 0.25) is 5.91 Å². The Morgan fingerprint density at radius 1 is 1.16 bits per heavy atom. The van der Waals surface area contributed by atoms with Gasteiger partial charge >= 0.3 is 0 Å². The summed E-state index contributed by atoms with van der Waals surface area (Å²) in [6.45, 7) is 7.05. The number of carbonyl (C=O) groups excluding carboxylic acids is 1. The lowest BCUT2D eigenvalue weighted by Crippen LogP contribution is -2.47. The van der Waals surface area contributed by atoms with Crippen LogP contribution < -0.4 is 4.74 Å². The number of amides is 1. The minimum atomic E-state index is 0.0876. The van der Waals surface area contributed by atoms with Crippen LogP contribution in [0.5, 0.6) is 5.75 Å². The first-order valence-electron chi connectivity index (χ1n) is 8.69. The van der Waals surface area contributed by atoms with E-state index in [1.807, 2.05) is 42.2 Å². The molecule has 1 aliphatic rings. The first kappa shape index (κ1) is 17.7. The van der Waals surface area contributed by atoms with E-state index < -0.39 is 0 Å². The molecular weight excluding hydrogens is 332 g/mol. The molecule has 1 aromatic carbocycles. The number of nitrogens with zero attached hydrogens (tertiary/aromatic N) is 2. The van der Waals surface area contributed by atoms with Gasteiger partial charge in [-0.1, -0.05) is 18.2 Å². The maximum Gasteiger partial charge on any atom is 0.246 e. The molecule has 2 aromatic rings. The van der Waals surface area contributed by atoms with Crippen molar-refractivity contribution in [2.45, 2.75) is 13.5 Å². The Morgan fingerprint density at radius 2 is 1.92 bits per heavy atom. The van der Waals surface area contributed by atoms with Crippen molar-refractivity contribution in [2.75, 3.05) is 32.8 Å². The number of rotatable bonds is 6. The molecule has 25 heavy (non-hydrogen) atoms. The lowest BCUT2D eigenvalue weighted by molar-refractivity contribution is -0.127. The summed E-state index contributed by atoms with van der Waals surface area (Å²) in [4.78, 5) is 18.1. The molecule has 1 aliphatic heterocycles. The Bertz CT molecular complexity index is 687. The number of thiophene rings is 1. The second-order valence-electron chi connectivity index (χ2n) is 6.02. The van der Waals surface area contributed by atoms with Gasteiger partial charge < -0.3 is 9.64 Å². The highest BCUT2D eigenvalue weighted by Gasteiger charge is 2.19. The molecule has 1 fully saturated rings. The Hall–Kier alpha value is -2.11. The van der Waals surface area contributed by atoms with E-state index in [0.29, 0.717) is 6.61 Å². The van der Waals surface area contributed by atoms with E-state index in [1.165, 1.54) is 4.88 Å². The van der Waals surface area contributed by atoms with Crippen molar-refractivity contribution >= 4 is 23.3 Å². The van der Waals surface area contributed by atoms with Gasteiger partial charge in [0.1, 0.15) is 5.75 Å². The van der Waals surface area contributed by atoms with Gasteiger partial charge in [-0.2, -0.15) is 0 Å². The second kappa shape index (κ2) is 8.83. The van der Waals surface area contributed by atoms with Crippen molar-refractivity contribution < 1.29 is 9.53 Å². The van der Waals surface area contributed by atoms with E-state index >= 15 is 0 Å². The molecule has 2 heterocycles. The van der Waals surface area contributed by atoms with Gasteiger partial charge in [0, 0.05) is 43.7 Å². The maximum atomic E-state index is 12.4. The molecule has 0 aliphatic carbocycles. The monoisotopic (exact) mass is 356 g/mol. The van der Waals surface area contributed by atoms with Crippen LogP contribution in [0.4, 0.5) is 0 Å². The fraction of sp³-hybridized carbons (Fsp3) is 0.350. The number of ether oxygens (including phenoxy) is 1. The van der Waals surface area contributed by atoms with Crippen LogP contribution in [0.3, 0.4) is 0 Å². The standard InChI is InChI=1S/C20H24N2O2S/c1-2-24-18-8-5-17(6-9-18)7-10-20(23)22-13-11-21(12-14-22)16-19-4-3-15-25-19/h3-10,15H,2,11-14,16H2,1H3/b10-7+. The zero-order valence-corrected chi connectivity index (χ0v) is 15.4. The molecular formula is C20H24N2O2S. The molecule has 1 aromatic heterocycles. The van der Waals surface area contributed by atoms with Crippen LogP contribution in [0.2, 0.25) is 0 Å². The summed E-state index contributed by atoms with van der Waals surface area (Å²) in [7, 11) is 0. The molecule has 4 nitrogen and oxygen atoms in total. The number of hydrogen-bond donors (Lipinski definition) is 0. The van der Waals surface area contributed by atoms with Crippen molar-refractivity contribution in [1.82, 2.24) is 9.80 Å². The first-order valence-corrected chi connectivity index (χ1v) is 9.57. The van der Waals surface area contributed by atoms with E-state index in [4.69, 9.17) is 4.74 Å². The summed E-state index contributed by atoms with van der Waals surface area (Å²) in [6, 6.07) is 12.0. The average molecular weight is 356 g/mol. The second-order valence-corrected chi connectivity index (χ2v) is 7.05. The molecule has 0 atom stereocenters. The van der Waals surface area contributed by atoms with E-state index in [9.17, 15) is 4.79 Å². The quantitative estimate of drug-likeness (QED) is 0.743. The normalized spacial score (nSPS) is 15.6. The number of hydrogen-bond acceptors (Lipinski definition) is 4. The van der Waals surface area contributed by atoms with Crippen LogP contribution in [-0.2, 0) is 11.3 Å². The van der Waals surface area contributed by atoms with Crippen molar-refractivity contribution in [3.63, 3.8) is 0 Å². The van der Waals surface area contributed by atoms with Crippen LogP contribution in [-0.4, -0.2) is 48.5 Å². The summed E-state index contributed by atoms with van der Waals surface area (Å²) in [5.74, 6) is 0.942. The summed E-state index contributed by atoms with van der Waals surface area (Å²) in [6.07, 6.45) is 3.54. The van der Waals surface area contributed by atoms with E-state index in [0.717, 1.165) is 44.0 Å². The van der Waals surface area contributed by atoms with E-state index in [-0.39, 0.29) is 5.91 Å². The Morgan fingerprint density at radius 3 is 2.56 bits per heavy atom. The van der Waals surface area contributed by atoms with Crippen LogP contribution in [0.15, 0.2) is 47.9 Å². The minimum Gasteiger partial charge on any atom is -0.494 e. The summed E-state index contributed by atoms with van der Waals surface area (Å²) < 4.78 is 5.43. The molecule has 0 unspecified atom stereocenters. The average Bonchev–Trinajstić information content (AvgIpc) is 3.15. The number of benzene rings is 1. The van der Waals surface area contributed by atoms with Gasteiger partial charge in [0.05, 0.1) is 6.61 Å². The highest BCUT2D eigenvalue weighted by atomic mass is 32.1. The predicted octanol–water partition coefficient (Wildman–Crippen LogP) is 3.50. The highest BCUT2D eigenvalue weighted by Crippen LogP contribution is 2.15. The van der Waals surface area contributed by atoms with Crippen LogP contribution in [0.1, 0.15) is 17.4 Å². The molecule has 3 rings (SSSR count). The van der Waals surface area contributed by atoms with Crippen molar-refractivity contribution in [2.24, 2.45) is 0 Å². The largest absolute Gasteiger partial charge is 0.494 e. The smallest absolute Gasteiger partial charge is 0.246 e. The SMILES string of the molecule is CCOc1ccc(/C=C/C(=O)N2CCN(Cc3cccs3)CC2)cc1. The highest BCUT2D eigenvalue weighted by molar-refractivity contribution is 7.09. The number of piperazine rings is 1. The fourth-order valence-corrected chi connectivity index (χ4v) is 3.61. The zero-order chi connectivity index (χ0) is 17.5. The Balaban J connectivity index is 1.47. The number of carbonyl (C=O) groups is 1. The zero-order valence-electron chi connectivity index (χ0n) is 14.6. The molecule has 5 heteroatoms. The molecule has 0 N–H and O–H groups in total. The molecule has 1 saturated heterocycles. The topological polar surface area (TPSA) is 32.8 Å². The third-order valence-corrected chi connectivity index (χ3v) is 5.11. The van der Waals surface area contributed by atoms with Gasteiger partial charge in [-0.3, -0.25) is 9.69 Å². The molecule has 0 spiro atoms. The molecule has 0 radical (unpaired) electrons. The molecule has 0 saturated carbocycles. The lowest BCUT2D eigenvalue weighted by Gasteiger charge is -2.33. The van der Waals surface area contributed by atoms with E-state index in [1.54, 1.807) is 17.4 Å². The summed E-state index contributed by atoms with van der Waals surface area (Å²) in [5.41, 5.74) is 1.01. The Labute approximate surface area is 153 Å². The third kappa shape index (κ3) is 5.18. The van der Waals surface area contributed by atoms with Crippen molar-refractivity contribution in [3.8, 4) is 5.75 Å². The minimum absolute atomic E-state index is 0.0876. The Kier molecular flexibility index (Phi) is 6.25. The van der Waals surface area contributed by atoms with Gasteiger partial charge in [-0.25, -0.2) is 0 Å². The van der Waals surface area contributed by atoms with Gasteiger partial charge in [0.15, 0.2) is 0 Å². The maximum absolute atomic E-state index is 12.4. The van der Waals surface area contributed by atoms with Gasteiger partial charge in [0.25, 0.3) is 0 Å².